The van der Waals surface area contributed by atoms with Gasteiger partial charge in [0.05, 0.1) is 16.5 Å². The molecule has 2 N–H and O–H groups in total. The summed E-state index contributed by atoms with van der Waals surface area (Å²) in [4.78, 5) is 35.8. The van der Waals surface area contributed by atoms with Crippen molar-refractivity contribution < 1.29 is 28.6 Å². The maximum absolute atomic E-state index is 12.0. The van der Waals surface area contributed by atoms with Gasteiger partial charge in [-0.2, -0.15) is 0 Å². The van der Waals surface area contributed by atoms with E-state index < -0.39 is 24.4 Å². The molecule has 2 heterocycles. The first-order valence-corrected chi connectivity index (χ1v) is 9.64. The molecule has 148 valence electrons. The van der Waals surface area contributed by atoms with Crippen molar-refractivity contribution in [2.24, 2.45) is 0 Å². The van der Waals surface area contributed by atoms with Crippen LogP contribution in [-0.4, -0.2) is 43.7 Å². The zero-order valence-corrected chi connectivity index (χ0v) is 15.8. The lowest BCUT2D eigenvalue weighted by Gasteiger charge is -2.11. The molecule has 2 amide bonds. The SMILES string of the molecule is O=C(COC(=O)c1ccc(OCC2CCCO2)cc1)NNC(=O)c1cccs1. The lowest BCUT2D eigenvalue weighted by Crippen LogP contribution is -2.43. The Morgan fingerprint density at radius 3 is 2.64 bits per heavy atom. The van der Waals surface area contributed by atoms with Gasteiger partial charge in [-0.25, -0.2) is 4.79 Å². The smallest absolute Gasteiger partial charge is 0.338 e. The summed E-state index contributed by atoms with van der Waals surface area (Å²) >= 11 is 1.24. The Kier molecular flexibility index (Phi) is 6.99. The van der Waals surface area contributed by atoms with Crippen LogP contribution in [0.4, 0.5) is 0 Å². The van der Waals surface area contributed by atoms with Crippen LogP contribution >= 0.6 is 11.3 Å². The third kappa shape index (κ3) is 5.80. The molecule has 0 bridgehead atoms. The highest BCUT2D eigenvalue weighted by Gasteiger charge is 2.16. The number of ether oxygens (including phenoxy) is 3. The van der Waals surface area contributed by atoms with E-state index in [1.54, 1.807) is 41.8 Å². The van der Waals surface area contributed by atoms with Crippen LogP contribution in [0.15, 0.2) is 41.8 Å². The Bertz CT molecular complexity index is 800. The monoisotopic (exact) mass is 404 g/mol. The quantitative estimate of drug-likeness (QED) is 0.540. The lowest BCUT2D eigenvalue weighted by atomic mass is 10.2. The van der Waals surface area contributed by atoms with Crippen LogP contribution in [0.1, 0.15) is 32.9 Å². The molecule has 0 aliphatic carbocycles. The van der Waals surface area contributed by atoms with E-state index in [1.807, 2.05) is 0 Å². The van der Waals surface area contributed by atoms with E-state index >= 15 is 0 Å². The summed E-state index contributed by atoms with van der Waals surface area (Å²) in [6.45, 7) is 0.728. The van der Waals surface area contributed by atoms with E-state index in [1.165, 1.54) is 11.3 Å². The summed E-state index contributed by atoms with van der Waals surface area (Å²) in [5.74, 6) is -1.10. The van der Waals surface area contributed by atoms with Crippen LogP contribution in [0, 0.1) is 0 Å². The molecule has 1 aliphatic rings. The Morgan fingerprint density at radius 2 is 1.96 bits per heavy atom. The molecule has 1 aromatic carbocycles. The van der Waals surface area contributed by atoms with Gasteiger partial charge in [-0.05, 0) is 48.6 Å². The summed E-state index contributed by atoms with van der Waals surface area (Å²) in [7, 11) is 0. The zero-order valence-electron chi connectivity index (χ0n) is 15.0. The highest BCUT2D eigenvalue weighted by Crippen LogP contribution is 2.17. The maximum Gasteiger partial charge on any atom is 0.338 e. The van der Waals surface area contributed by atoms with E-state index in [9.17, 15) is 14.4 Å². The maximum atomic E-state index is 12.0. The number of amides is 2. The number of carbonyl (C=O) groups is 3. The van der Waals surface area contributed by atoms with E-state index in [0.717, 1.165) is 19.4 Å². The fourth-order valence-corrected chi connectivity index (χ4v) is 3.12. The molecular weight excluding hydrogens is 384 g/mol. The summed E-state index contributed by atoms with van der Waals surface area (Å²) in [6, 6.07) is 9.79. The molecule has 9 heteroatoms. The van der Waals surface area contributed by atoms with Gasteiger partial charge >= 0.3 is 5.97 Å². The highest BCUT2D eigenvalue weighted by molar-refractivity contribution is 7.12. The third-order valence-electron chi connectivity index (χ3n) is 3.94. The van der Waals surface area contributed by atoms with Crippen molar-refractivity contribution in [1.82, 2.24) is 10.9 Å². The molecule has 1 saturated heterocycles. The van der Waals surface area contributed by atoms with Crippen LogP contribution < -0.4 is 15.6 Å². The number of hydrogen-bond acceptors (Lipinski definition) is 7. The number of benzene rings is 1. The molecule has 2 aromatic rings. The number of carbonyl (C=O) groups excluding carboxylic acids is 3. The molecule has 1 aliphatic heterocycles. The van der Waals surface area contributed by atoms with Crippen molar-refractivity contribution in [2.75, 3.05) is 19.8 Å². The van der Waals surface area contributed by atoms with Crippen molar-refractivity contribution in [1.29, 1.82) is 0 Å². The molecule has 1 unspecified atom stereocenters. The number of nitrogens with one attached hydrogen (secondary N) is 2. The predicted octanol–water partition coefficient (Wildman–Crippen LogP) is 1.92. The van der Waals surface area contributed by atoms with E-state index in [4.69, 9.17) is 14.2 Å². The van der Waals surface area contributed by atoms with Gasteiger partial charge in [0.2, 0.25) is 0 Å². The lowest BCUT2D eigenvalue weighted by molar-refractivity contribution is -0.125. The normalized spacial score (nSPS) is 15.6. The molecule has 0 saturated carbocycles. The Morgan fingerprint density at radius 1 is 1.14 bits per heavy atom. The van der Waals surface area contributed by atoms with E-state index in [2.05, 4.69) is 10.9 Å². The van der Waals surface area contributed by atoms with Gasteiger partial charge in [0.25, 0.3) is 11.8 Å². The van der Waals surface area contributed by atoms with Gasteiger partial charge < -0.3 is 14.2 Å². The number of hydrogen-bond donors (Lipinski definition) is 2. The summed E-state index contributed by atoms with van der Waals surface area (Å²) in [5.41, 5.74) is 4.73. The topological polar surface area (TPSA) is 103 Å². The molecular formula is C19H20N2O6S. The Balaban J connectivity index is 1.37. The molecule has 28 heavy (non-hydrogen) atoms. The molecule has 3 rings (SSSR count). The second-order valence-electron chi connectivity index (χ2n) is 6.03. The van der Waals surface area contributed by atoms with Crippen molar-refractivity contribution in [3.63, 3.8) is 0 Å². The van der Waals surface area contributed by atoms with Gasteiger partial charge in [0.15, 0.2) is 6.61 Å². The van der Waals surface area contributed by atoms with E-state index in [-0.39, 0.29) is 6.10 Å². The van der Waals surface area contributed by atoms with Gasteiger partial charge in [0.1, 0.15) is 12.4 Å². The number of hydrazine groups is 1. The molecule has 0 spiro atoms. The second kappa shape index (κ2) is 9.86. The van der Waals surface area contributed by atoms with E-state index in [0.29, 0.717) is 22.8 Å². The summed E-state index contributed by atoms with van der Waals surface area (Å²) < 4.78 is 16.0. The minimum atomic E-state index is -0.648. The molecule has 8 nitrogen and oxygen atoms in total. The van der Waals surface area contributed by atoms with Crippen LogP contribution in [-0.2, 0) is 14.3 Å². The minimum Gasteiger partial charge on any atom is -0.491 e. The average molecular weight is 404 g/mol. The number of thiophene rings is 1. The fraction of sp³-hybridized carbons (Fsp3) is 0.316. The van der Waals surface area contributed by atoms with Crippen LogP contribution in [0.2, 0.25) is 0 Å². The predicted molar refractivity (Wildman–Crippen MR) is 101 cm³/mol. The van der Waals surface area contributed by atoms with Crippen LogP contribution in [0.25, 0.3) is 0 Å². The first-order valence-electron chi connectivity index (χ1n) is 8.76. The number of esters is 1. The van der Waals surface area contributed by atoms with Crippen molar-refractivity contribution in [3.05, 3.63) is 52.2 Å². The van der Waals surface area contributed by atoms with Gasteiger partial charge in [-0.1, -0.05) is 6.07 Å². The van der Waals surface area contributed by atoms with Gasteiger partial charge in [-0.3, -0.25) is 20.4 Å². The Labute approximate surface area is 165 Å². The standard InChI is InChI=1S/C19H20N2O6S/c22-17(20-21-18(23)16-4-2-10-28-16)12-27-19(24)13-5-7-14(8-6-13)26-11-15-3-1-9-25-15/h2,4-8,10,15H,1,3,9,11-12H2,(H,20,22)(H,21,23). The van der Waals surface area contributed by atoms with Crippen molar-refractivity contribution in [3.8, 4) is 5.75 Å². The minimum absolute atomic E-state index is 0.114. The van der Waals surface area contributed by atoms with Gasteiger partial charge in [0, 0.05) is 6.61 Å². The molecule has 1 atom stereocenters. The largest absolute Gasteiger partial charge is 0.491 e. The molecule has 1 aromatic heterocycles. The van der Waals surface area contributed by atoms with Gasteiger partial charge in [-0.15, -0.1) is 11.3 Å². The zero-order chi connectivity index (χ0) is 19.8. The molecule has 0 radical (unpaired) electrons. The highest BCUT2D eigenvalue weighted by atomic mass is 32.1. The van der Waals surface area contributed by atoms with Crippen molar-refractivity contribution in [2.45, 2.75) is 18.9 Å². The first kappa shape index (κ1) is 19.8. The number of rotatable bonds is 7. The first-order chi connectivity index (χ1) is 13.6. The van der Waals surface area contributed by atoms with Crippen molar-refractivity contribution >= 4 is 29.1 Å². The third-order valence-corrected chi connectivity index (χ3v) is 4.81. The molecule has 1 fully saturated rings. The summed E-state index contributed by atoms with van der Waals surface area (Å²) in [5, 5.41) is 1.75. The second-order valence-corrected chi connectivity index (χ2v) is 6.97. The van der Waals surface area contributed by atoms with Crippen LogP contribution in [0.3, 0.4) is 0 Å². The fourth-order valence-electron chi connectivity index (χ4n) is 2.50. The average Bonchev–Trinajstić information content (AvgIpc) is 3.43. The summed E-state index contributed by atoms with van der Waals surface area (Å²) in [6.07, 6.45) is 2.15. The Hall–Kier alpha value is -2.91. The van der Waals surface area contributed by atoms with Crippen LogP contribution in [0.5, 0.6) is 5.75 Å².